The van der Waals surface area contributed by atoms with Crippen LogP contribution < -0.4 is 14.8 Å². The Bertz CT molecular complexity index is 404. The van der Waals surface area contributed by atoms with Crippen LogP contribution in [0, 0.1) is 5.92 Å². The van der Waals surface area contributed by atoms with Crippen molar-refractivity contribution in [3.63, 3.8) is 0 Å². The second-order valence-electron chi connectivity index (χ2n) is 5.97. The van der Waals surface area contributed by atoms with Gasteiger partial charge in [0.05, 0.1) is 14.2 Å². The Hall–Kier alpha value is -1.22. The van der Waals surface area contributed by atoms with Crippen molar-refractivity contribution in [2.24, 2.45) is 5.92 Å². The molecular weight excluding hydrogens is 262 g/mol. The van der Waals surface area contributed by atoms with Crippen molar-refractivity contribution in [3.8, 4) is 11.5 Å². The number of ether oxygens (including phenoxy) is 2. The van der Waals surface area contributed by atoms with Gasteiger partial charge in [0, 0.05) is 6.04 Å². The van der Waals surface area contributed by atoms with Gasteiger partial charge in [0.2, 0.25) is 0 Å². The number of hydrogen-bond acceptors (Lipinski definition) is 3. The second-order valence-corrected chi connectivity index (χ2v) is 5.97. The number of nitrogens with one attached hydrogen (secondary N) is 1. The predicted octanol–water partition coefficient (Wildman–Crippen LogP) is 4.05. The van der Waals surface area contributed by atoms with Crippen LogP contribution in [-0.4, -0.2) is 26.8 Å². The monoisotopic (exact) mass is 293 g/mol. The average Bonchev–Trinajstić information content (AvgIpc) is 2.46. The maximum Gasteiger partial charge on any atom is 0.160 e. The van der Waals surface area contributed by atoms with Crippen LogP contribution in [0.3, 0.4) is 0 Å². The molecule has 0 aliphatic heterocycles. The largest absolute Gasteiger partial charge is 0.493 e. The number of benzene rings is 1. The molecule has 0 aliphatic rings. The van der Waals surface area contributed by atoms with Crippen LogP contribution in [0.1, 0.15) is 45.6 Å². The van der Waals surface area contributed by atoms with Crippen LogP contribution in [0.4, 0.5) is 0 Å². The standard InChI is InChI=1S/C18H31NO2/c1-6-19-16(9-7-8-14(2)3)12-15-10-11-17(20-4)18(13-15)21-5/h10-11,13-14,16,19H,6-9,12H2,1-5H3. The number of rotatable bonds is 10. The first-order valence-corrected chi connectivity index (χ1v) is 8.05. The Balaban J connectivity index is 2.65. The normalized spacial score (nSPS) is 12.5. The Morgan fingerprint density at radius 1 is 1.05 bits per heavy atom. The van der Waals surface area contributed by atoms with E-state index < -0.39 is 0 Å². The Labute approximate surface area is 130 Å². The molecule has 21 heavy (non-hydrogen) atoms. The Kier molecular flexibility index (Phi) is 8.21. The van der Waals surface area contributed by atoms with E-state index in [0.29, 0.717) is 6.04 Å². The van der Waals surface area contributed by atoms with E-state index in [1.807, 2.05) is 6.07 Å². The summed E-state index contributed by atoms with van der Waals surface area (Å²) in [5.74, 6) is 2.39. The van der Waals surface area contributed by atoms with E-state index in [1.54, 1.807) is 14.2 Å². The van der Waals surface area contributed by atoms with Gasteiger partial charge < -0.3 is 14.8 Å². The van der Waals surface area contributed by atoms with Gasteiger partial charge in [-0.25, -0.2) is 0 Å². The van der Waals surface area contributed by atoms with E-state index in [9.17, 15) is 0 Å². The summed E-state index contributed by atoms with van der Waals surface area (Å²) < 4.78 is 10.7. The summed E-state index contributed by atoms with van der Waals surface area (Å²) in [6, 6.07) is 6.75. The third kappa shape index (κ3) is 6.38. The molecule has 1 atom stereocenters. The van der Waals surface area contributed by atoms with Gasteiger partial charge in [0.15, 0.2) is 11.5 Å². The molecule has 1 aromatic carbocycles. The maximum atomic E-state index is 5.39. The number of methoxy groups -OCH3 is 2. The van der Waals surface area contributed by atoms with E-state index in [4.69, 9.17) is 9.47 Å². The quantitative estimate of drug-likeness (QED) is 0.706. The Morgan fingerprint density at radius 3 is 2.33 bits per heavy atom. The van der Waals surface area contributed by atoms with Crippen molar-refractivity contribution in [2.75, 3.05) is 20.8 Å². The number of likely N-dealkylation sites (N-methyl/N-ethyl adjacent to an activating group) is 1. The molecule has 3 nitrogen and oxygen atoms in total. The molecule has 120 valence electrons. The van der Waals surface area contributed by atoms with Gasteiger partial charge in [-0.1, -0.05) is 39.7 Å². The summed E-state index contributed by atoms with van der Waals surface area (Å²) in [5, 5.41) is 3.60. The summed E-state index contributed by atoms with van der Waals surface area (Å²) in [6.45, 7) is 7.76. The van der Waals surface area contributed by atoms with Crippen molar-refractivity contribution in [1.82, 2.24) is 5.32 Å². The molecule has 0 spiro atoms. The van der Waals surface area contributed by atoms with E-state index in [2.05, 4.69) is 38.2 Å². The third-order valence-corrected chi connectivity index (χ3v) is 3.76. The highest BCUT2D eigenvalue weighted by atomic mass is 16.5. The SMILES string of the molecule is CCNC(CCCC(C)C)Cc1ccc(OC)c(OC)c1. The molecule has 0 saturated carbocycles. The van der Waals surface area contributed by atoms with Crippen LogP contribution in [0.25, 0.3) is 0 Å². The highest BCUT2D eigenvalue weighted by molar-refractivity contribution is 5.43. The van der Waals surface area contributed by atoms with Crippen LogP contribution >= 0.6 is 0 Å². The lowest BCUT2D eigenvalue weighted by Gasteiger charge is -2.19. The third-order valence-electron chi connectivity index (χ3n) is 3.76. The second kappa shape index (κ2) is 9.67. The molecule has 0 radical (unpaired) electrons. The van der Waals surface area contributed by atoms with Gasteiger partial charge >= 0.3 is 0 Å². The smallest absolute Gasteiger partial charge is 0.160 e. The highest BCUT2D eigenvalue weighted by Crippen LogP contribution is 2.28. The van der Waals surface area contributed by atoms with Crippen molar-refractivity contribution in [3.05, 3.63) is 23.8 Å². The van der Waals surface area contributed by atoms with Crippen LogP contribution in [0.15, 0.2) is 18.2 Å². The van der Waals surface area contributed by atoms with Crippen LogP contribution in [0.5, 0.6) is 11.5 Å². The highest BCUT2D eigenvalue weighted by Gasteiger charge is 2.11. The molecule has 1 aromatic rings. The van der Waals surface area contributed by atoms with Gasteiger partial charge in [-0.2, -0.15) is 0 Å². The first kappa shape index (κ1) is 17.8. The summed E-state index contributed by atoms with van der Waals surface area (Å²) in [5.41, 5.74) is 1.29. The first-order valence-electron chi connectivity index (χ1n) is 8.05. The van der Waals surface area contributed by atoms with Crippen molar-refractivity contribution in [1.29, 1.82) is 0 Å². The lowest BCUT2D eigenvalue weighted by molar-refractivity contribution is 0.354. The van der Waals surface area contributed by atoms with Crippen LogP contribution in [-0.2, 0) is 6.42 Å². The molecule has 1 unspecified atom stereocenters. The first-order chi connectivity index (χ1) is 10.1. The topological polar surface area (TPSA) is 30.5 Å². The molecule has 0 saturated heterocycles. The zero-order chi connectivity index (χ0) is 15.7. The van der Waals surface area contributed by atoms with Crippen LogP contribution in [0.2, 0.25) is 0 Å². The lowest BCUT2D eigenvalue weighted by atomic mass is 9.98. The summed E-state index contributed by atoms with van der Waals surface area (Å²) >= 11 is 0. The lowest BCUT2D eigenvalue weighted by Crippen LogP contribution is -2.31. The van der Waals surface area contributed by atoms with E-state index >= 15 is 0 Å². The van der Waals surface area contributed by atoms with E-state index in [-0.39, 0.29) is 0 Å². The molecule has 3 heteroatoms. The molecule has 0 aromatic heterocycles. The fourth-order valence-electron chi connectivity index (χ4n) is 2.63. The Morgan fingerprint density at radius 2 is 1.76 bits per heavy atom. The molecule has 0 fully saturated rings. The minimum Gasteiger partial charge on any atom is -0.493 e. The zero-order valence-electron chi connectivity index (χ0n) is 14.2. The molecule has 1 N–H and O–H groups in total. The van der Waals surface area contributed by atoms with Gasteiger partial charge in [-0.3, -0.25) is 0 Å². The molecular formula is C18H31NO2. The fraction of sp³-hybridized carbons (Fsp3) is 0.667. The van der Waals surface area contributed by atoms with Crippen molar-refractivity contribution in [2.45, 2.75) is 52.5 Å². The van der Waals surface area contributed by atoms with E-state index in [0.717, 1.165) is 30.4 Å². The summed E-state index contributed by atoms with van der Waals surface area (Å²) in [7, 11) is 3.36. The molecule has 0 aliphatic carbocycles. The van der Waals surface area contributed by atoms with Gasteiger partial charge in [-0.05, 0) is 43.0 Å². The van der Waals surface area contributed by atoms with E-state index in [1.165, 1.54) is 24.8 Å². The number of hydrogen-bond donors (Lipinski definition) is 1. The average molecular weight is 293 g/mol. The van der Waals surface area contributed by atoms with Crippen molar-refractivity contribution < 1.29 is 9.47 Å². The van der Waals surface area contributed by atoms with Gasteiger partial charge in [0.25, 0.3) is 0 Å². The molecule has 0 bridgehead atoms. The zero-order valence-corrected chi connectivity index (χ0v) is 14.2. The van der Waals surface area contributed by atoms with Crippen molar-refractivity contribution >= 4 is 0 Å². The molecule has 1 rings (SSSR count). The molecule has 0 amide bonds. The summed E-state index contributed by atoms with van der Waals surface area (Å²) in [6.07, 6.45) is 4.84. The maximum absolute atomic E-state index is 5.39. The predicted molar refractivity (Wildman–Crippen MR) is 89.4 cm³/mol. The summed E-state index contributed by atoms with van der Waals surface area (Å²) in [4.78, 5) is 0. The van der Waals surface area contributed by atoms with Gasteiger partial charge in [0.1, 0.15) is 0 Å². The van der Waals surface area contributed by atoms with Gasteiger partial charge in [-0.15, -0.1) is 0 Å². The fourth-order valence-corrected chi connectivity index (χ4v) is 2.63. The minimum atomic E-state index is 0.534. The molecule has 0 heterocycles. The minimum absolute atomic E-state index is 0.534.